The number of phenols is 1. The fraction of sp³-hybridized carbons (Fsp3) is 0.562. The first kappa shape index (κ1) is 17.3. The lowest BCUT2D eigenvalue weighted by Gasteiger charge is -2.18. The van der Waals surface area contributed by atoms with Gasteiger partial charge in [-0.1, -0.05) is 13.0 Å². The van der Waals surface area contributed by atoms with Crippen molar-refractivity contribution in [2.75, 3.05) is 20.2 Å². The molecule has 5 heteroatoms. The summed E-state index contributed by atoms with van der Waals surface area (Å²) in [6.07, 6.45) is 0.927. The van der Waals surface area contributed by atoms with Crippen LogP contribution in [0.25, 0.3) is 0 Å². The Balaban J connectivity index is 2.55. The number of benzene rings is 1. The maximum atomic E-state index is 11.7. The molecule has 0 aliphatic carbocycles. The van der Waals surface area contributed by atoms with Crippen molar-refractivity contribution in [2.24, 2.45) is 0 Å². The summed E-state index contributed by atoms with van der Waals surface area (Å²) in [5.74, 6) is 0.841. The van der Waals surface area contributed by atoms with Gasteiger partial charge in [0, 0.05) is 24.2 Å². The average Bonchev–Trinajstić information content (AvgIpc) is 2.38. The summed E-state index contributed by atoms with van der Waals surface area (Å²) in [6, 6.07) is 5.42. The maximum absolute atomic E-state index is 11.7. The van der Waals surface area contributed by atoms with E-state index in [1.807, 2.05) is 44.9 Å². The third-order valence-electron chi connectivity index (χ3n) is 2.83. The number of carbonyl (C=O) groups is 1. The van der Waals surface area contributed by atoms with Gasteiger partial charge in [0.2, 0.25) is 5.91 Å². The van der Waals surface area contributed by atoms with Gasteiger partial charge in [0.25, 0.3) is 0 Å². The van der Waals surface area contributed by atoms with Gasteiger partial charge in [-0.05, 0) is 33.4 Å². The highest BCUT2D eigenvalue weighted by Gasteiger charge is 2.11. The zero-order valence-electron chi connectivity index (χ0n) is 13.3. The number of nitrogens with one attached hydrogen (secondary N) is 1. The number of phenolic OH excluding ortho intramolecular Hbond substituents is 1. The smallest absolute Gasteiger partial charge is 0.234 e. The summed E-state index contributed by atoms with van der Waals surface area (Å²) in [6.45, 7) is 7.33. The average molecular weight is 294 g/mol. The van der Waals surface area contributed by atoms with E-state index in [4.69, 9.17) is 4.74 Å². The Hall–Kier alpha value is -1.75. The Labute approximate surface area is 126 Å². The van der Waals surface area contributed by atoms with Crippen molar-refractivity contribution in [1.29, 1.82) is 0 Å². The van der Waals surface area contributed by atoms with Crippen molar-refractivity contribution in [3.63, 3.8) is 0 Å². The highest BCUT2D eigenvalue weighted by molar-refractivity contribution is 5.78. The molecule has 0 saturated carbocycles. The summed E-state index contributed by atoms with van der Waals surface area (Å²) < 4.78 is 5.47. The Morgan fingerprint density at radius 1 is 1.43 bits per heavy atom. The molecule has 1 aromatic carbocycles. The molecule has 21 heavy (non-hydrogen) atoms. The van der Waals surface area contributed by atoms with E-state index in [9.17, 15) is 9.90 Å². The van der Waals surface area contributed by atoms with E-state index < -0.39 is 0 Å². The maximum Gasteiger partial charge on any atom is 0.234 e. The number of amides is 1. The Morgan fingerprint density at radius 2 is 2.14 bits per heavy atom. The minimum atomic E-state index is -0.0186. The fourth-order valence-electron chi connectivity index (χ4n) is 1.95. The van der Waals surface area contributed by atoms with Gasteiger partial charge in [-0.2, -0.15) is 0 Å². The molecule has 0 spiro atoms. The predicted molar refractivity (Wildman–Crippen MR) is 83.5 cm³/mol. The molecule has 118 valence electrons. The van der Waals surface area contributed by atoms with Crippen LogP contribution < -0.4 is 10.1 Å². The first-order valence-corrected chi connectivity index (χ1v) is 7.35. The summed E-state index contributed by atoms with van der Waals surface area (Å²) in [5.41, 5.74) is 0.777. The fourth-order valence-corrected chi connectivity index (χ4v) is 1.95. The number of likely N-dealkylation sites (N-methyl/N-ethyl adjacent to an activating group) is 1. The van der Waals surface area contributed by atoms with Gasteiger partial charge < -0.3 is 15.2 Å². The molecule has 0 radical (unpaired) electrons. The van der Waals surface area contributed by atoms with Crippen LogP contribution in [0.1, 0.15) is 32.8 Å². The topological polar surface area (TPSA) is 61.8 Å². The van der Waals surface area contributed by atoms with Crippen molar-refractivity contribution in [2.45, 2.75) is 39.8 Å². The molecule has 1 rings (SSSR count). The summed E-state index contributed by atoms with van der Waals surface area (Å²) in [5, 5.41) is 12.9. The molecule has 0 unspecified atom stereocenters. The van der Waals surface area contributed by atoms with Crippen molar-refractivity contribution in [3.8, 4) is 11.5 Å². The molecule has 0 saturated heterocycles. The number of ether oxygens (including phenoxy) is 1. The number of aromatic hydroxyl groups is 1. The standard InChI is InChI=1S/C16H26N2O3/c1-5-8-21-14-7-6-13(15(19)9-14)10-18(4)11-16(20)17-12(2)3/h6-7,9,12,19H,5,8,10-11H2,1-4H3,(H,17,20). The number of rotatable bonds is 8. The predicted octanol–water partition coefficient (Wildman–Crippen LogP) is 2.14. The molecule has 1 amide bonds. The van der Waals surface area contributed by atoms with E-state index in [-0.39, 0.29) is 17.7 Å². The van der Waals surface area contributed by atoms with Crippen LogP contribution in [0, 0.1) is 0 Å². The number of hydrogen-bond acceptors (Lipinski definition) is 4. The van der Waals surface area contributed by atoms with Gasteiger partial charge in [-0.3, -0.25) is 9.69 Å². The van der Waals surface area contributed by atoms with Crippen LogP contribution in [0.4, 0.5) is 0 Å². The number of hydrogen-bond donors (Lipinski definition) is 2. The number of carbonyl (C=O) groups excluding carboxylic acids is 1. The van der Waals surface area contributed by atoms with E-state index in [0.717, 1.165) is 12.0 Å². The summed E-state index contributed by atoms with van der Waals surface area (Å²) in [4.78, 5) is 13.5. The van der Waals surface area contributed by atoms with Gasteiger partial charge in [0.05, 0.1) is 13.2 Å². The Kier molecular flexibility index (Phi) is 7.02. The van der Waals surface area contributed by atoms with Crippen LogP contribution in [-0.4, -0.2) is 42.2 Å². The molecule has 1 aromatic rings. The number of nitrogens with zero attached hydrogens (tertiary/aromatic N) is 1. The van der Waals surface area contributed by atoms with Crippen LogP contribution in [0.15, 0.2) is 18.2 Å². The van der Waals surface area contributed by atoms with Crippen LogP contribution >= 0.6 is 0 Å². The molecule has 2 N–H and O–H groups in total. The SMILES string of the molecule is CCCOc1ccc(CN(C)CC(=O)NC(C)C)c(O)c1. The Morgan fingerprint density at radius 3 is 2.71 bits per heavy atom. The highest BCUT2D eigenvalue weighted by atomic mass is 16.5. The first-order valence-electron chi connectivity index (χ1n) is 7.35. The molecule has 0 aromatic heterocycles. The lowest BCUT2D eigenvalue weighted by Crippen LogP contribution is -2.38. The van der Waals surface area contributed by atoms with E-state index in [1.165, 1.54) is 0 Å². The van der Waals surface area contributed by atoms with Gasteiger partial charge in [-0.25, -0.2) is 0 Å². The molecule has 0 aliphatic heterocycles. The lowest BCUT2D eigenvalue weighted by atomic mass is 10.2. The normalized spacial score (nSPS) is 11.0. The Bertz CT molecular complexity index is 461. The zero-order chi connectivity index (χ0) is 15.8. The van der Waals surface area contributed by atoms with Crippen LogP contribution in [0.2, 0.25) is 0 Å². The van der Waals surface area contributed by atoms with E-state index >= 15 is 0 Å². The van der Waals surface area contributed by atoms with Crippen molar-refractivity contribution in [1.82, 2.24) is 10.2 Å². The highest BCUT2D eigenvalue weighted by Crippen LogP contribution is 2.24. The third-order valence-corrected chi connectivity index (χ3v) is 2.83. The van der Waals surface area contributed by atoms with E-state index in [0.29, 0.717) is 25.4 Å². The van der Waals surface area contributed by atoms with Gasteiger partial charge in [0.1, 0.15) is 11.5 Å². The van der Waals surface area contributed by atoms with Crippen LogP contribution in [0.5, 0.6) is 11.5 Å². The first-order chi connectivity index (χ1) is 9.92. The molecule has 0 aliphatic rings. The quantitative estimate of drug-likeness (QED) is 0.771. The largest absolute Gasteiger partial charge is 0.507 e. The molecular weight excluding hydrogens is 268 g/mol. The second kappa shape index (κ2) is 8.52. The minimum Gasteiger partial charge on any atom is -0.507 e. The van der Waals surface area contributed by atoms with Crippen molar-refractivity contribution < 1.29 is 14.6 Å². The monoisotopic (exact) mass is 294 g/mol. The summed E-state index contributed by atoms with van der Waals surface area (Å²) >= 11 is 0. The summed E-state index contributed by atoms with van der Waals surface area (Å²) in [7, 11) is 1.85. The second-order valence-electron chi connectivity index (χ2n) is 5.53. The zero-order valence-corrected chi connectivity index (χ0v) is 13.3. The molecule has 5 nitrogen and oxygen atoms in total. The van der Waals surface area contributed by atoms with Crippen LogP contribution in [-0.2, 0) is 11.3 Å². The lowest BCUT2D eigenvalue weighted by molar-refractivity contribution is -0.122. The second-order valence-corrected chi connectivity index (χ2v) is 5.53. The van der Waals surface area contributed by atoms with Gasteiger partial charge >= 0.3 is 0 Å². The van der Waals surface area contributed by atoms with Crippen molar-refractivity contribution >= 4 is 5.91 Å². The molecule has 0 heterocycles. The molecular formula is C16H26N2O3. The van der Waals surface area contributed by atoms with E-state index in [2.05, 4.69) is 5.32 Å². The van der Waals surface area contributed by atoms with Gasteiger partial charge in [0.15, 0.2) is 0 Å². The third kappa shape index (κ3) is 6.49. The van der Waals surface area contributed by atoms with Crippen molar-refractivity contribution in [3.05, 3.63) is 23.8 Å². The van der Waals surface area contributed by atoms with Gasteiger partial charge in [-0.15, -0.1) is 0 Å². The van der Waals surface area contributed by atoms with Crippen LogP contribution in [0.3, 0.4) is 0 Å². The molecule has 0 fully saturated rings. The molecule has 0 bridgehead atoms. The molecule has 0 atom stereocenters. The minimum absolute atomic E-state index is 0.0186. The van der Waals surface area contributed by atoms with E-state index in [1.54, 1.807) is 6.07 Å².